The minimum absolute atomic E-state index is 0.0814. The molecule has 0 unspecified atom stereocenters. The highest BCUT2D eigenvalue weighted by molar-refractivity contribution is 5.91. The monoisotopic (exact) mass is 349 g/mol. The largest absolute Gasteiger partial charge is 0.480 e. The number of nitrogens with zero attached hydrogens (tertiary/aromatic N) is 2. The predicted octanol–water partition coefficient (Wildman–Crippen LogP) is 2.71. The Kier molecular flexibility index (Phi) is 4.80. The average Bonchev–Trinajstić information content (AvgIpc) is 3.00. The normalized spacial score (nSPS) is 19.8. The van der Waals surface area contributed by atoms with Crippen LogP contribution in [0.2, 0.25) is 0 Å². The molecule has 1 fully saturated rings. The third kappa shape index (κ3) is 3.53. The van der Waals surface area contributed by atoms with Crippen LogP contribution in [-0.2, 0) is 0 Å². The van der Waals surface area contributed by atoms with Gasteiger partial charge in [-0.2, -0.15) is 0 Å². The van der Waals surface area contributed by atoms with Gasteiger partial charge in [-0.3, -0.25) is 0 Å². The van der Waals surface area contributed by atoms with E-state index in [1.165, 1.54) is 24.3 Å². The number of hydrogen-bond acceptors (Lipinski definition) is 4. The maximum atomic E-state index is 13.5. The van der Waals surface area contributed by atoms with Crippen LogP contribution in [0.25, 0.3) is 0 Å². The molecule has 132 valence electrons. The number of nitrogens with one attached hydrogen (secondary N) is 1. The summed E-state index contributed by atoms with van der Waals surface area (Å²) >= 11 is 0. The summed E-state index contributed by atoms with van der Waals surface area (Å²) in [7, 11) is 1.43. The number of aliphatic hydroxyl groups excluding tert-OH is 1. The minimum atomic E-state index is -0.992. The molecule has 0 aliphatic carbocycles. The molecule has 1 aromatic carbocycles. The lowest BCUT2D eigenvalue weighted by Gasteiger charge is -2.25. The van der Waals surface area contributed by atoms with Crippen LogP contribution < -0.4 is 10.1 Å². The molecule has 2 heterocycles. The Balaban J connectivity index is 1.83. The first-order valence-corrected chi connectivity index (χ1v) is 7.69. The zero-order valence-electron chi connectivity index (χ0n) is 13.4. The maximum absolute atomic E-state index is 13.5. The van der Waals surface area contributed by atoms with Gasteiger partial charge in [0.25, 0.3) is 0 Å². The number of aliphatic hydroxyl groups is 1. The highest BCUT2D eigenvalue weighted by atomic mass is 19.2. The van der Waals surface area contributed by atoms with Crippen LogP contribution in [0.3, 0.4) is 0 Å². The van der Waals surface area contributed by atoms with Crippen molar-refractivity contribution in [3.63, 3.8) is 0 Å². The fourth-order valence-electron chi connectivity index (χ4n) is 2.91. The Morgan fingerprint density at radius 1 is 1.36 bits per heavy atom. The summed E-state index contributed by atoms with van der Waals surface area (Å²) in [5.41, 5.74) is 0.796. The summed E-state index contributed by atoms with van der Waals surface area (Å²) in [5.74, 6) is -1.70. The van der Waals surface area contributed by atoms with Crippen molar-refractivity contribution < 1.29 is 23.4 Å². The standard InChI is InChI=1S/C17H17F2N3O3/c1-25-16-14(3-2-6-20-16)21-17(24)22-9-11(23)8-15(22)10-4-5-12(18)13(19)7-10/h2-7,11,15,23H,8-9H2,1H3,(H,21,24)/t11-,15-/m1/s1. The first-order valence-electron chi connectivity index (χ1n) is 7.69. The second kappa shape index (κ2) is 7.02. The summed E-state index contributed by atoms with van der Waals surface area (Å²) in [6.45, 7) is 0.0814. The highest BCUT2D eigenvalue weighted by Gasteiger charge is 2.36. The van der Waals surface area contributed by atoms with Crippen LogP contribution in [0.15, 0.2) is 36.5 Å². The number of urea groups is 1. The number of halogens is 2. The third-order valence-electron chi connectivity index (χ3n) is 4.07. The number of amides is 2. The molecule has 2 N–H and O–H groups in total. The molecular weight excluding hydrogens is 332 g/mol. The Bertz CT molecular complexity index is 787. The average molecular weight is 349 g/mol. The number of carbonyl (C=O) groups is 1. The van der Waals surface area contributed by atoms with Crippen molar-refractivity contribution in [1.29, 1.82) is 0 Å². The number of carbonyl (C=O) groups excluding carboxylic acids is 1. The molecule has 0 radical (unpaired) electrons. The van der Waals surface area contributed by atoms with Crippen molar-refractivity contribution in [2.45, 2.75) is 18.6 Å². The number of likely N-dealkylation sites (tertiary alicyclic amines) is 1. The number of rotatable bonds is 3. The number of methoxy groups -OCH3 is 1. The summed E-state index contributed by atoms with van der Waals surface area (Å²) in [4.78, 5) is 18.0. The lowest BCUT2D eigenvalue weighted by Crippen LogP contribution is -2.35. The SMILES string of the molecule is COc1ncccc1NC(=O)N1C[C@H](O)C[C@@H]1c1ccc(F)c(F)c1. The summed E-state index contributed by atoms with van der Waals surface area (Å²) in [5, 5.41) is 12.6. The molecule has 1 saturated heterocycles. The van der Waals surface area contributed by atoms with Crippen LogP contribution in [0.1, 0.15) is 18.0 Å². The van der Waals surface area contributed by atoms with E-state index in [1.54, 1.807) is 12.1 Å². The van der Waals surface area contributed by atoms with Gasteiger partial charge < -0.3 is 20.1 Å². The Hall–Kier alpha value is -2.74. The van der Waals surface area contributed by atoms with Gasteiger partial charge in [0.05, 0.1) is 19.3 Å². The van der Waals surface area contributed by atoms with Crippen LogP contribution in [0.5, 0.6) is 5.88 Å². The molecule has 1 aliphatic heterocycles. The number of hydrogen-bond donors (Lipinski definition) is 2. The molecule has 2 atom stereocenters. The van der Waals surface area contributed by atoms with Gasteiger partial charge in [-0.05, 0) is 36.2 Å². The van der Waals surface area contributed by atoms with Gasteiger partial charge >= 0.3 is 6.03 Å². The molecule has 0 saturated carbocycles. The number of benzene rings is 1. The Morgan fingerprint density at radius 2 is 2.16 bits per heavy atom. The van der Waals surface area contributed by atoms with E-state index in [4.69, 9.17) is 4.74 Å². The van der Waals surface area contributed by atoms with Crippen LogP contribution in [0.4, 0.5) is 19.3 Å². The fraction of sp³-hybridized carbons (Fsp3) is 0.294. The number of β-amino-alcohol motifs (C(OH)–C–C–N with tert-alkyl or cyclic N) is 1. The van der Waals surface area contributed by atoms with Crippen LogP contribution in [0, 0.1) is 11.6 Å². The van der Waals surface area contributed by atoms with Gasteiger partial charge in [0.2, 0.25) is 5.88 Å². The molecule has 3 rings (SSSR count). The van der Waals surface area contributed by atoms with Crippen molar-refractivity contribution in [3.05, 3.63) is 53.7 Å². The van der Waals surface area contributed by atoms with Crippen molar-refractivity contribution in [3.8, 4) is 5.88 Å². The zero-order valence-corrected chi connectivity index (χ0v) is 13.4. The molecule has 2 amide bonds. The zero-order chi connectivity index (χ0) is 18.0. The lowest BCUT2D eigenvalue weighted by molar-refractivity contribution is 0.175. The van der Waals surface area contributed by atoms with E-state index < -0.39 is 29.8 Å². The number of anilines is 1. The Labute approximate surface area is 143 Å². The van der Waals surface area contributed by atoms with E-state index in [1.807, 2.05) is 0 Å². The van der Waals surface area contributed by atoms with Gasteiger partial charge in [-0.15, -0.1) is 0 Å². The van der Waals surface area contributed by atoms with Crippen molar-refractivity contribution in [2.24, 2.45) is 0 Å². The van der Waals surface area contributed by atoms with Gasteiger partial charge in [0.1, 0.15) is 5.69 Å². The number of ether oxygens (including phenoxy) is 1. The van der Waals surface area contributed by atoms with E-state index in [-0.39, 0.29) is 18.8 Å². The summed E-state index contributed by atoms with van der Waals surface area (Å²) in [6, 6.07) is 5.68. The second-order valence-corrected chi connectivity index (χ2v) is 5.72. The number of aromatic nitrogens is 1. The summed E-state index contributed by atoms with van der Waals surface area (Å²) in [6.07, 6.45) is 1.01. The maximum Gasteiger partial charge on any atom is 0.322 e. The van der Waals surface area contributed by atoms with E-state index in [0.717, 1.165) is 12.1 Å². The first kappa shape index (κ1) is 17.1. The van der Waals surface area contributed by atoms with E-state index >= 15 is 0 Å². The number of pyridine rings is 1. The fourth-order valence-corrected chi connectivity index (χ4v) is 2.91. The van der Waals surface area contributed by atoms with Gasteiger partial charge in [0.15, 0.2) is 11.6 Å². The first-order chi connectivity index (χ1) is 12.0. The molecule has 8 heteroatoms. The van der Waals surface area contributed by atoms with Crippen LogP contribution >= 0.6 is 0 Å². The van der Waals surface area contributed by atoms with Crippen molar-refractivity contribution >= 4 is 11.7 Å². The third-order valence-corrected chi connectivity index (χ3v) is 4.07. The molecule has 2 aromatic rings. The van der Waals surface area contributed by atoms with E-state index in [0.29, 0.717) is 11.3 Å². The minimum Gasteiger partial charge on any atom is -0.480 e. The van der Waals surface area contributed by atoms with Crippen molar-refractivity contribution in [2.75, 3.05) is 19.0 Å². The topological polar surface area (TPSA) is 74.7 Å². The Morgan fingerprint density at radius 3 is 2.88 bits per heavy atom. The van der Waals surface area contributed by atoms with E-state index in [9.17, 15) is 18.7 Å². The van der Waals surface area contributed by atoms with Crippen molar-refractivity contribution in [1.82, 2.24) is 9.88 Å². The van der Waals surface area contributed by atoms with Gasteiger partial charge in [-0.25, -0.2) is 18.6 Å². The van der Waals surface area contributed by atoms with Gasteiger partial charge in [-0.1, -0.05) is 6.07 Å². The summed E-state index contributed by atoms with van der Waals surface area (Å²) < 4.78 is 31.8. The molecular formula is C17H17F2N3O3. The smallest absolute Gasteiger partial charge is 0.322 e. The molecule has 1 aromatic heterocycles. The molecule has 6 nitrogen and oxygen atoms in total. The van der Waals surface area contributed by atoms with E-state index in [2.05, 4.69) is 10.3 Å². The highest BCUT2D eigenvalue weighted by Crippen LogP contribution is 2.33. The molecule has 0 bridgehead atoms. The lowest BCUT2D eigenvalue weighted by atomic mass is 10.0. The van der Waals surface area contributed by atoms with Crippen LogP contribution in [-0.4, -0.2) is 40.8 Å². The second-order valence-electron chi connectivity index (χ2n) is 5.72. The van der Waals surface area contributed by atoms with Gasteiger partial charge in [0, 0.05) is 12.7 Å². The molecule has 0 spiro atoms. The molecule has 1 aliphatic rings. The quantitative estimate of drug-likeness (QED) is 0.893. The predicted molar refractivity (Wildman–Crippen MR) is 86.2 cm³/mol. The molecule has 25 heavy (non-hydrogen) atoms.